The van der Waals surface area contributed by atoms with Crippen molar-refractivity contribution >= 4 is 38.1 Å². The number of rotatable bonds is 6. The van der Waals surface area contributed by atoms with Crippen LogP contribution in [-0.4, -0.2) is 38.2 Å². The number of nitrogens with zero attached hydrogens (tertiary/aromatic N) is 2. The molecule has 0 unspecified atom stereocenters. The molecule has 1 aliphatic rings. The molecule has 0 spiro atoms. The van der Waals surface area contributed by atoms with Crippen LogP contribution < -0.4 is 14.4 Å². The molecule has 4 rings (SSSR count). The van der Waals surface area contributed by atoms with E-state index >= 15 is 0 Å². The molecule has 2 heterocycles. The fourth-order valence-electron chi connectivity index (χ4n) is 3.21. The van der Waals surface area contributed by atoms with Crippen LogP contribution in [0.3, 0.4) is 0 Å². The number of hydrogen-bond donors (Lipinski definition) is 1. The van der Waals surface area contributed by atoms with E-state index in [4.69, 9.17) is 0 Å². The van der Waals surface area contributed by atoms with Crippen molar-refractivity contribution in [2.45, 2.75) is 13.0 Å². The van der Waals surface area contributed by atoms with Crippen molar-refractivity contribution in [3.63, 3.8) is 0 Å². The summed E-state index contributed by atoms with van der Waals surface area (Å²) in [6, 6.07) is 12.5. The van der Waals surface area contributed by atoms with Crippen LogP contribution in [0.2, 0.25) is 0 Å². The minimum absolute atomic E-state index is 0.00636. The van der Waals surface area contributed by atoms with Crippen molar-refractivity contribution in [3.8, 4) is 17.0 Å². The van der Waals surface area contributed by atoms with E-state index in [1.54, 1.807) is 47.8 Å². The number of para-hydroxylation sites is 1. The smallest absolute Gasteiger partial charge is 0.387 e. The molecule has 3 aromatic rings. The number of benzene rings is 2. The molecule has 0 atom stereocenters. The number of hydrogen-bond acceptors (Lipinski definition) is 6. The predicted molar refractivity (Wildman–Crippen MR) is 114 cm³/mol. The lowest BCUT2D eigenvalue weighted by Crippen LogP contribution is -2.25. The Bertz CT molecular complexity index is 1200. The van der Waals surface area contributed by atoms with Gasteiger partial charge in [-0.3, -0.25) is 14.4 Å². The van der Waals surface area contributed by atoms with Crippen LogP contribution in [0.25, 0.3) is 11.3 Å². The molecule has 1 aromatic heterocycles. The third-order valence-corrected chi connectivity index (χ3v) is 7.25. The molecule has 7 nitrogen and oxygen atoms in total. The molecule has 0 bridgehead atoms. The topological polar surface area (TPSA) is 88.6 Å². The molecule has 162 valence electrons. The molecule has 1 saturated heterocycles. The van der Waals surface area contributed by atoms with Gasteiger partial charge in [0.05, 0.1) is 17.1 Å². The number of anilines is 2. The van der Waals surface area contributed by atoms with Gasteiger partial charge in [-0.2, -0.15) is 8.78 Å². The van der Waals surface area contributed by atoms with E-state index in [-0.39, 0.29) is 16.6 Å². The lowest BCUT2D eigenvalue weighted by atomic mass is 10.1. The van der Waals surface area contributed by atoms with Crippen molar-refractivity contribution in [1.82, 2.24) is 4.98 Å². The average Bonchev–Trinajstić information content (AvgIpc) is 3.34. The second-order valence-corrected chi connectivity index (χ2v) is 9.53. The van der Waals surface area contributed by atoms with Crippen LogP contribution >= 0.6 is 11.3 Å². The Morgan fingerprint density at radius 3 is 2.58 bits per heavy atom. The Labute approximate surface area is 181 Å². The van der Waals surface area contributed by atoms with E-state index in [2.05, 4.69) is 15.0 Å². The summed E-state index contributed by atoms with van der Waals surface area (Å²) < 4.78 is 55.1. The van der Waals surface area contributed by atoms with Gasteiger partial charge in [-0.15, -0.1) is 11.3 Å². The van der Waals surface area contributed by atoms with Crippen molar-refractivity contribution in [2.24, 2.45) is 0 Å². The van der Waals surface area contributed by atoms with Gasteiger partial charge in [0.2, 0.25) is 10.0 Å². The summed E-state index contributed by atoms with van der Waals surface area (Å²) in [7, 11) is -3.29. The first-order chi connectivity index (χ1) is 14.8. The first-order valence-electron chi connectivity index (χ1n) is 9.25. The average molecular weight is 466 g/mol. The highest BCUT2D eigenvalue weighted by Gasteiger charge is 2.28. The molecule has 1 fully saturated rings. The number of halogens is 2. The summed E-state index contributed by atoms with van der Waals surface area (Å²) in [4.78, 5) is 16.8. The van der Waals surface area contributed by atoms with E-state index in [0.717, 1.165) is 11.3 Å². The Morgan fingerprint density at radius 2 is 1.90 bits per heavy atom. The number of aromatic nitrogens is 1. The summed E-state index contributed by atoms with van der Waals surface area (Å²) in [5, 5.41) is 4.58. The maximum atomic E-state index is 12.6. The third-order valence-electron chi connectivity index (χ3n) is 4.62. The fourth-order valence-corrected chi connectivity index (χ4v) is 5.48. The highest BCUT2D eigenvalue weighted by atomic mass is 32.2. The highest BCUT2D eigenvalue weighted by molar-refractivity contribution is 7.93. The summed E-state index contributed by atoms with van der Waals surface area (Å²) >= 11 is 1.14. The van der Waals surface area contributed by atoms with E-state index in [1.807, 2.05) is 0 Å². The molecule has 11 heteroatoms. The van der Waals surface area contributed by atoms with Crippen molar-refractivity contribution < 1.29 is 26.7 Å². The standard InChI is InChI=1S/C20H17F2N3O4S2/c21-19(22)29-17-5-2-1-4-15(17)16-12-30-20(23-16)24-18(26)13-6-8-14(9-7-13)25-10-3-11-31(25,27)28/h1-2,4-9,12,19H,3,10-11H2,(H,23,24,26). The lowest BCUT2D eigenvalue weighted by molar-refractivity contribution is -0.0494. The van der Waals surface area contributed by atoms with E-state index in [9.17, 15) is 22.0 Å². The third kappa shape index (κ3) is 4.67. The molecule has 0 saturated carbocycles. The summed E-state index contributed by atoms with van der Waals surface area (Å²) in [6.07, 6.45) is 0.572. The Morgan fingerprint density at radius 1 is 1.16 bits per heavy atom. The number of ether oxygens (including phenoxy) is 1. The normalized spacial score (nSPS) is 15.3. The molecule has 31 heavy (non-hydrogen) atoms. The van der Waals surface area contributed by atoms with Crippen LogP contribution in [0.5, 0.6) is 5.75 Å². The van der Waals surface area contributed by atoms with Crippen LogP contribution in [0.4, 0.5) is 19.6 Å². The van der Waals surface area contributed by atoms with Crippen LogP contribution in [-0.2, 0) is 10.0 Å². The summed E-state index contributed by atoms with van der Waals surface area (Å²) in [5.74, 6) is -0.311. The van der Waals surface area contributed by atoms with Gasteiger partial charge in [-0.05, 0) is 42.8 Å². The first-order valence-corrected chi connectivity index (χ1v) is 11.7. The molecule has 1 N–H and O–H groups in total. The van der Waals surface area contributed by atoms with Gasteiger partial charge in [-0.1, -0.05) is 12.1 Å². The molecular formula is C20H17F2N3O4S2. The molecule has 2 aromatic carbocycles. The van der Waals surface area contributed by atoms with Crippen molar-refractivity contribution in [2.75, 3.05) is 21.9 Å². The number of alkyl halides is 2. The van der Waals surface area contributed by atoms with Crippen molar-refractivity contribution in [1.29, 1.82) is 0 Å². The summed E-state index contributed by atoms with van der Waals surface area (Å²) in [5.41, 5.74) is 1.63. The van der Waals surface area contributed by atoms with Gasteiger partial charge in [0, 0.05) is 23.1 Å². The van der Waals surface area contributed by atoms with E-state index in [0.29, 0.717) is 35.5 Å². The van der Waals surface area contributed by atoms with Gasteiger partial charge in [-0.25, -0.2) is 13.4 Å². The van der Waals surface area contributed by atoms with Gasteiger partial charge in [0.25, 0.3) is 5.91 Å². The van der Waals surface area contributed by atoms with Gasteiger partial charge in [0.15, 0.2) is 5.13 Å². The molecule has 1 amide bonds. The van der Waals surface area contributed by atoms with Crippen molar-refractivity contribution in [3.05, 3.63) is 59.5 Å². The number of carbonyl (C=O) groups excluding carboxylic acids is 1. The van der Waals surface area contributed by atoms with Gasteiger partial charge >= 0.3 is 6.61 Å². The lowest BCUT2D eigenvalue weighted by Gasteiger charge is -2.16. The Balaban J connectivity index is 1.48. The van der Waals surface area contributed by atoms with Gasteiger partial charge in [0.1, 0.15) is 5.75 Å². The first kappa shape index (κ1) is 21.2. The monoisotopic (exact) mass is 465 g/mol. The fraction of sp³-hybridized carbons (Fsp3) is 0.200. The number of carbonyl (C=O) groups is 1. The van der Waals surface area contributed by atoms with E-state index < -0.39 is 22.5 Å². The zero-order chi connectivity index (χ0) is 22.0. The second kappa shape index (κ2) is 8.60. The van der Waals surface area contributed by atoms with Crippen LogP contribution in [0.1, 0.15) is 16.8 Å². The number of amides is 1. The number of thiazole rings is 1. The molecular weight excluding hydrogens is 448 g/mol. The highest BCUT2D eigenvalue weighted by Crippen LogP contribution is 2.33. The molecule has 0 radical (unpaired) electrons. The van der Waals surface area contributed by atoms with E-state index in [1.165, 1.54) is 10.4 Å². The summed E-state index contributed by atoms with van der Waals surface area (Å²) in [6.45, 7) is -2.54. The Hall–Kier alpha value is -3.05. The quantitative estimate of drug-likeness (QED) is 0.589. The minimum Gasteiger partial charge on any atom is -0.434 e. The molecule has 0 aliphatic carbocycles. The second-order valence-electron chi connectivity index (χ2n) is 6.66. The number of sulfonamides is 1. The zero-order valence-corrected chi connectivity index (χ0v) is 17.6. The molecule has 1 aliphatic heterocycles. The van der Waals surface area contributed by atoms with Crippen LogP contribution in [0, 0.1) is 0 Å². The zero-order valence-electron chi connectivity index (χ0n) is 16.0. The Kier molecular flexibility index (Phi) is 5.88. The number of nitrogens with one attached hydrogen (secondary N) is 1. The SMILES string of the molecule is O=C(Nc1nc(-c2ccccc2OC(F)F)cs1)c1ccc(N2CCCS2(=O)=O)cc1. The predicted octanol–water partition coefficient (Wildman–Crippen LogP) is 4.20. The van der Waals surface area contributed by atoms with Crippen LogP contribution in [0.15, 0.2) is 53.9 Å². The maximum Gasteiger partial charge on any atom is 0.387 e. The van der Waals surface area contributed by atoms with Gasteiger partial charge < -0.3 is 4.74 Å². The largest absolute Gasteiger partial charge is 0.434 e. The maximum absolute atomic E-state index is 12.6. The minimum atomic E-state index is -3.29.